The van der Waals surface area contributed by atoms with E-state index in [-0.39, 0.29) is 18.3 Å². The quantitative estimate of drug-likeness (QED) is 0.411. The Hall–Kier alpha value is -2.41. The van der Waals surface area contributed by atoms with Crippen LogP contribution in [-0.4, -0.2) is 18.8 Å². The normalized spacial score (nSPS) is 19.5. The molecule has 0 unspecified atom stereocenters. The van der Waals surface area contributed by atoms with Crippen LogP contribution < -0.4 is 0 Å². The average Bonchev–Trinajstić information content (AvgIpc) is 3.39. The van der Waals surface area contributed by atoms with Gasteiger partial charge in [0, 0.05) is 6.42 Å². The molecule has 1 aliphatic heterocycles. The highest BCUT2D eigenvalue weighted by Gasteiger charge is 2.37. The molecule has 2 atom stereocenters. The second-order valence-electron chi connectivity index (χ2n) is 5.80. The monoisotopic (exact) mass is 319 g/mol. The number of rotatable bonds is 8. The molecule has 3 nitrogen and oxygen atoms in total. The van der Waals surface area contributed by atoms with Gasteiger partial charge in [0.15, 0.2) is 0 Å². The van der Waals surface area contributed by atoms with Gasteiger partial charge in [0.2, 0.25) is 0 Å². The van der Waals surface area contributed by atoms with Crippen molar-refractivity contribution in [2.75, 3.05) is 6.61 Å². The van der Waals surface area contributed by atoms with Gasteiger partial charge in [-0.1, -0.05) is 72.8 Å². The topological polar surface area (TPSA) is 45.5 Å². The maximum absolute atomic E-state index is 8.53. The Bertz CT molecular complexity index is 651. The molecule has 2 aromatic carbocycles. The summed E-state index contributed by atoms with van der Waals surface area (Å²) in [6, 6.07) is 22.6. The van der Waals surface area contributed by atoms with Crippen LogP contribution in [0, 0.1) is 11.3 Å². The first-order valence-electron chi connectivity index (χ1n) is 8.29. The number of allylic oxidation sites excluding steroid dienone is 1. The molecular weight excluding hydrogens is 298 g/mol. The molecule has 1 aliphatic rings. The molecule has 2 aromatic rings. The maximum Gasteiger partial charge on any atom is 0.111 e. The molecule has 0 aromatic heterocycles. The Morgan fingerprint density at radius 2 is 1.67 bits per heavy atom. The first-order chi connectivity index (χ1) is 11.9. The van der Waals surface area contributed by atoms with Crippen LogP contribution in [0.25, 0.3) is 0 Å². The van der Waals surface area contributed by atoms with Gasteiger partial charge in [0.05, 0.1) is 12.7 Å². The van der Waals surface area contributed by atoms with Gasteiger partial charge in [-0.15, -0.1) is 0 Å². The third-order valence-corrected chi connectivity index (χ3v) is 4.00. The fourth-order valence-electron chi connectivity index (χ4n) is 2.67. The van der Waals surface area contributed by atoms with Gasteiger partial charge in [-0.3, -0.25) is 0 Å². The summed E-state index contributed by atoms with van der Waals surface area (Å²) in [5.41, 5.74) is 2.29. The van der Waals surface area contributed by atoms with Gasteiger partial charge in [-0.25, -0.2) is 0 Å². The van der Waals surface area contributed by atoms with E-state index in [1.54, 1.807) is 0 Å². The molecule has 0 aliphatic carbocycles. The Morgan fingerprint density at radius 1 is 1.04 bits per heavy atom. The first-order valence-corrected chi connectivity index (χ1v) is 8.29. The number of nitrogens with zero attached hydrogens (tertiary/aromatic N) is 1. The van der Waals surface area contributed by atoms with Crippen LogP contribution in [0.4, 0.5) is 0 Å². The van der Waals surface area contributed by atoms with Crippen molar-refractivity contribution in [2.45, 2.75) is 31.2 Å². The molecule has 0 saturated carbocycles. The summed E-state index contributed by atoms with van der Waals surface area (Å²) in [4.78, 5) is 0. The molecule has 0 bridgehead atoms. The second-order valence-corrected chi connectivity index (χ2v) is 5.80. The van der Waals surface area contributed by atoms with Crippen LogP contribution in [0.2, 0.25) is 0 Å². The molecule has 1 fully saturated rings. The summed E-state index contributed by atoms with van der Waals surface area (Å²) in [6.07, 6.45) is 5.52. The van der Waals surface area contributed by atoms with E-state index >= 15 is 0 Å². The van der Waals surface area contributed by atoms with E-state index in [1.807, 2.05) is 48.6 Å². The average molecular weight is 319 g/mol. The lowest BCUT2D eigenvalue weighted by Gasteiger charge is -2.18. The summed E-state index contributed by atoms with van der Waals surface area (Å²) in [7, 11) is 0. The van der Waals surface area contributed by atoms with Crippen molar-refractivity contribution in [3.63, 3.8) is 0 Å². The molecule has 122 valence electrons. The van der Waals surface area contributed by atoms with E-state index in [1.165, 1.54) is 0 Å². The van der Waals surface area contributed by atoms with Crippen LogP contribution in [0.5, 0.6) is 0 Å². The third-order valence-electron chi connectivity index (χ3n) is 4.00. The lowest BCUT2D eigenvalue weighted by Crippen LogP contribution is -2.11. The number of hydrogen-bond donors (Lipinski definition) is 0. The van der Waals surface area contributed by atoms with Gasteiger partial charge in [0.25, 0.3) is 0 Å². The fourth-order valence-corrected chi connectivity index (χ4v) is 2.67. The fraction of sp³-hybridized carbons (Fsp3) is 0.286. The van der Waals surface area contributed by atoms with Crippen molar-refractivity contribution in [3.05, 3.63) is 83.9 Å². The summed E-state index contributed by atoms with van der Waals surface area (Å²) >= 11 is 0. The van der Waals surface area contributed by atoms with Crippen LogP contribution in [0.15, 0.2) is 72.8 Å². The molecule has 0 spiro atoms. The molecule has 0 radical (unpaired) electrons. The zero-order valence-electron chi connectivity index (χ0n) is 13.5. The summed E-state index contributed by atoms with van der Waals surface area (Å²) < 4.78 is 11.8. The SMILES string of the molecule is N#CCC/C=C\[C@H]1O[C@@H]1COC(c1ccccc1)c1ccccc1. The summed E-state index contributed by atoms with van der Waals surface area (Å²) in [5, 5.41) is 8.53. The van der Waals surface area contributed by atoms with Crippen molar-refractivity contribution < 1.29 is 9.47 Å². The first kappa shape index (κ1) is 16.4. The van der Waals surface area contributed by atoms with E-state index < -0.39 is 0 Å². The molecule has 3 rings (SSSR count). The Kier molecular flexibility index (Phi) is 5.79. The highest BCUT2D eigenvalue weighted by Crippen LogP contribution is 2.30. The van der Waals surface area contributed by atoms with Crippen LogP contribution in [0.1, 0.15) is 30.1 Å². The minimum absolute atomic E-state index is 0.0835. The zero-order chi connectivity index (χ0) is 16.6. The molecule has 0 amide bonds. The summed E-state index contributed by atoms with van der Waals surface area (Å²) in [6.45, 7) is 0.557. The zero-order valence-corrected chi connectivity index (χ0v) is 13.5. The number of ether oxygens (including phenoxy) is 2. The lowest BCUT2D eigenvalue weighted by molar-refractivity contribution is 0.0672. The minimum atomic E-state index is -0.0835. The number of unbranched alkanes of at least 4 members (excludes halogenated alkanes) is 1. The maximum atomic E-state index is 8.53. The van der Waals surface area contributed by atoms with E-state index in [4.69, 9.17) is 14.7 Å². The Balaban J connectivity index is 1.58. The largest absolute Gasteiger partial charge is 0.366 e. The number of epoxide rings is 1. The number of benzene rings is 2. The predicted molar refractivity (Wildman–Crippen MR) is 93.3 cm³/mol. The standard InChI is InChI=1S/C21H21NO2/c22-15-9-3-8-14-19-20(24-19)16-23-21(17-10-4-1-5-11-17)18-12-6-2-7-13-18/h1-2,4-8,10-14,19-21H,3,9,16H2/b14-8-/t19-,20-/m1/s1. The molecular formula is C21H21NO2. The van der Waals surface area contributed by atoms with Gasteiger partial charge in [0.1, 0.15) is 18.3 Å². The number of hydrogen-bond acceptors (Lipinski definition) is 3. The van der Waals surface area contributed by atoms with Gasteiger partial charge < -0.3 is 9.47 Å². The summed E-state index contributed by atoms with van der Waals surface area (Å²) in [5.74, 6) is 0. The minimum Gasteiger partial charge on any atom is -0.366 e. The van der Waals surface area contributed by atoms with Crippen molar-refractivity contribution in [1.82, 2.24) is 0 Å². The van der Waals surface area contributed by atoms with Crippen molar-refractivity contribution in [3.8, 4) is 6.07 Å². The second kappa shape index (κ2) is 8.44. The lowest BCUT2D eigenvalue weighted by atomic mass is 10.0. The van der Waals surface area contributed by atoms with Crippen molar-refractivity contribution >= 4 is 0 Å². The molecule has 3 heteroatoms. The van der Waals surface area contributed by atoms with Gasteiger partial charge in [-0.05, 0) is 17.5 Å². The number of nitriles is 1. The highest BCUT2D eigenvalue weighted by molar-refractivity contribution is 5.30. The van der Waals surface area contributed by atoms with Crippen LogP contribution >= 0.6 is 0 Å². The van der Waals surface area contributed by atoms with Crippen molar-refractivity contribution in [2.24, 2.45) is 0 Å². The van der Waals surface area contributed by atoms with E-state index in [0.717, 1.165) is 17.5 Å². The van der Waals surface area contributed by atoms with Gasteiger partial charge >= 0.3 is 0 Å². The third kappa shape index (κ3) is 4.55. The predicted octanol–water partition coefficient (Wildman–Crippen LogP) is 4.42. The highest BCUT2D eigenvalue weighted by atomic mass is 16.6. The molecule has 24 heavy (non-hydrogen) atoms. The Labute approximate surface area is 143 Å². The van der Waals surface area contributed by atoms with E-state index in [9.17, 15) is 0 Å². The molecule has 0 N–H and O–H groups in total. The van der Waals surface area contributed by atoms with E-state index in [2.05, 4.69) is 30.3 Å². The van der Waals surface area contributed by atoms with E-state index in [0.29, 0.717) is 13.0 Å². The smallest absolute Gasteiger partial charge is 0.111 e. The van der Waals surface area contributed by atoms with Crippen molar-refractivity contribution in [1.29, 1.82) is 5.26 Å². The molecule has 1 saturated heterocycles. The van der Waals surface area contributed by atoms with Crippen LogP contribution in [-0.2, 0) is 9.47 Å². The molecule has 1 heterocycles. The Morgan fingerprint density at radius 3 is 2.25 bits per heavy atom. The van der Waals surface area contributed by atoms with Gasteiger partial charge in [-0.2, -0.15) is 5.26 Å². The van der Waals surface area contributed by atoms with Crippen LogP contribution in [0.3, 0.4) is 0 Å².